The Morgan fingerprint density at radius 1 is 1.28 bits per heavy atom. The first-order chi connectivity index (χ1) is 12.1. The highest BCUT2D eigenvalue weighted by atomic mass is 32.2. The van der Waals surface area contributed by atoms with Crippen LogP contribution in [0, 0.1) is 0 Å². The van der Waals surface area contributed by atoms with Crippen LogP contribution >= 0.6 is 23.1 Å². The van der Waals surface area contributed by atoms with Crippen molar-refractivity contribution in [2.45, 2.75) is 12.1 Å². The van der Waals surface area contributed by atoms with Crippen LogP contribution in [0.2, 0.25) is 0 Å². The van der Waals surface area contributed by atoms with Gasteiger partial charge in [-0.1, -0.05) is 30.3 Å². The Morgan fingerprint density at radius 2 is 2.04 bits per heavy atom. The van der Waals surface area contributed by atoms with Gasteiger partial charge in [-0.25, -0.2) is 4.98 Å². The van der Waals surface area contributed by atoms with Crippen molar-refractivity contribution >= 4 is 39.2 Å². The minimum atomic E-state index is -0.202. The van der Waals surface area contributed by atoms with E-state index in [4.69, 9.17) is 0 Å². The number of likely N-dealkylation sites (N-methyl/N-ethyl adjacent to an activating group) is 1. The second kappa shape index (κ2) is 6.05. The highest BCUT2D eigenvalue weighted by Crippen LogP contribution is 2.35. The zero-order valence-electron chi connectivity index (χ0n) is 13.5. The first-order valence-corrected chi connectivity index (χ1v) is 9.27. The molecule has 8 heteroatoms. The van der Waals surface area contributed by atoms with Crippen molar-refractivity contribution in [3.8, 4) is 11.1 Å². The molecular weight excluding hydrogens is 356 g/mol. The van der Waals surface area contributed by atoms with E-state index in [2.05, 4.69) is 15.7 Å². The Kier molecular flexibility index (Phi) is 3.85. The summed E-state index contributed by atoms with van der Waals surface area (Å²) >= 11 is 2.63. The third kappa shape index (κ3) is 2.54. The van der Waals surface area contributed by atoms with E-state index in [-0.39, 0.29) is 11.5 Å². The van der Waals surface area contributed by atoms with Gasteiger partial charge in [0.25, 0.3) is 11.5 Å². The standard InChI is InChI=1S/C17H14N4O2S2/c1-9-13(14(22)18-2)25-17-19-15-12(16(23)21(17)20-9)11(8-24-15)10-6-4-3-5-7-10/h3-8,20H,1-2H3,(H,18,22). The minimum absolute atomic E-state index is 0.164. The molecule has 1 amide bonds. The lowest BCUT2D eigenvalue weighted by Crippen LogP contribution is -2.35. The summed E-state index contributed by atoms with van der Waals surface area (Å²) in [6, 6.07) is 9.78. The van der Waals surface area contributed by atoms with Crippen LogP contribution in [0.5, 0.6) is 0 Å². The molecule has 2 aromatic heterocycles. The zero-order chi connectivity index (χ0) is 17.6. The molecular formula is C17H14N4O2S2. The van der Waals surface area contributed by atoms with Crippen molar-refractivity contribution in [3.05, 3.63) is 56.7 Å². The molecule has 0 bridgehead atoms. The van der Waals surface area contributed by atoms with Crippen LogP contribution in [0.25, 0.3) is 21.3 Å². The topological polar surface area (TPSA) is 76.0 Å². The third-order valence-electron chi connectivity index (χ3n) is 3.91. The second-order valence-electron chi connectivity index (χ2n) is 5.48. The molecule has 0 saturated carbocycles. The van der Waals surface area contributed by atoms with Gasteiger partial charge >= 0.3 is 0 Å². The molecule has 1 aromatic carbocycles. The number of rotatable bonds is 2. The van der Waals surface area contributed by atoms with Crippen molar-refractivity contribution in [3.63, 3.8) is 0 Å². The van der Waals surface area contributed by atoms with Gasteiger partial charge in [-0.2, -0.15) is 4.68 Å². The van der Waals surface area contributed by atoms with Gasteiger partial charge < -0.3 is 5.32 Å². The molecule has 3 aromatic rings. The monoisotopic (exact) mass is 370 g/mol. The fourth-order valence-corrected chi connectivity index (χ4v) is 4.61. The molecule has 0 atom stereocenters. The van der Waals surface area contributed by atoms with Crippen LogP contribution in [0.15, 0.2) is 56.3 Å². The average Bonchev–Trinajstić information content (AvgIpc) is 3.06. The van der Waals surface area contributed by atoms with E-state index in [1.807, 2.05) is 35.7 Å². The molecule has 3 heterocycles. The van der Waals surface area contributed by atoms with Gasteiger partial charge in [-0.15, -0.1) is 11.3 Å². The molecule has 0 radical (unpaired) electrons. The maximum absolute atomic E-state index is 13.1. The number of amides is 1. The second-order valence-corrected chi connectivity index (χ2v) is 7.31. The van der Waals surface area contributed by atoms with Crippen molar-refractivity contribution in [2.24, 2.45) is 0 Å². The van der Waals surface area contributed by atoms with Crippen LogP contribution in [0.4, 0.5) is 0 Å². The van der Waals surface area contributed by atoms with Gasteiger partial charge in [0.1, 0.15) is 9.74 Å². The molecule has 4 rings (SSSR count). The first kappa shape index (κ1) is 15.9. The van der Waals surface area contributed by atoms with Crippen LogP contribution in [0.3, 0.4) is 0 Å². The fourth-order valence-electron chi connectivity index (χ4n) is 2.69. The molecule has 0 fully saturated rings. The largest absolute Gasteiger partial charge is 0.355 e. The zero-order valence-corrected chi connectivity index (χ0v) is 15.1. The summed E-state index contributed by atoms with van der Waals surface area (Å²) in [5.41, 5.74) is 5.31. The smallest absolute Gasteiger partial charge is 0.282 e. The number of thioether (sulfide) groups is 1. The van der Waals surface area contributed by atoms with E-state index in [0.29, 0.717) is 26.0 Å². The molecule has 1 aliphatic heterocycles. The van der Waals surface area contributed by atoms with Gasteiger partial charge in [0.05, 0.1) is 5.39 Å². The molecule has 25 heavy (non-hydrogen) atoms. The summed E-state index contributed by atoms with van der Waals surface area (Å²) in [5, 5.41) is 5.60. The quantitative estimate of drug-likeness (QED) is 0.679. The van der Waals surface area contributed by atoms with Gasteiger partial charge in [0, 0.05) is 23.7 Å². The molecule has 6 nitrogen and oxygen atoms in total. The number of benzene rings is 1. The Labute approximate surface area is 151 Å². The van der Waals surface area contributed by atoms with Crippen LogP contribution < -0.4 is 16.3 Å². The first-order valence-electron chi connectivity index (χ1n) is 7.57. The maximum atomic E-state index is 13.1. The summed E-state index contributed by atoms with van der Waals surface area (Å²) in [6.45, 7) is 1.77. The number of carbonyl (C=O) groups excluding carboxylic acids is 1. The number of nitrogens with one attached hydrogen (secondary N) is 2. The van der Waals surface area contributed by atoms with Gasteiger partial charge in [0.15, 0.2) is 5.16 Å². The Balaban J connectivity index is 1.90. The van der Waals surface area contributed by atoms with Crippen LogP contribution in [-0.4, -0.2) is 22.6 Å². The molecule has 0 unspecified atom stereocenters. The van der Waals surface area contributed by atoms with Crippen molar-refractivity contribution < 1.29 is 4.79 Å². The molecule has 0 aliphatic carbocycles. The van der Waals surface area contributed by atoms with Gasteiger partial charge in [0.2, 0.25) is 0 Å². The highest BCUT2D eigenvalue weighted by Gasteiger charge is 2.25. The van der Waals surface area contributed by atoms with Gasteiger partial charge in [-0.05, 0) is 24.2 Å². The minimum Gasteiger partial charge on any atom is -0.355 e. The number of hydrogen-bond donors (Lipinski definition) is 2. The van der Waals surface area contributed by atoms with E-state index in [1.165, 1.54) is 27.8 Å². The maximum Gasteiger partial charge on any atom is 0.282 e. The summed E-state index contributed by atoms with van der Waals surface area (Å²) in [4.78, 5) is 30.8. The molecule has 126 valence electrons. The number of nitrogens with zero attached hydrogens (tertiary/aromatic N) is 2. The average molecular weight is 370 g/mol. The predicted molar refractivity (Wildman–Crippen MR) is 101 cm³/mol. The summed E-state index contributed by atoms with van der Waals surface area (Å²) in [6.07, 6.45) is 0. The van der Waals surface area contributed by atoms with Crippen molar-refractivity contribution in [1.29, 1.82) is 0 Å². The number of allylic oxidation sites excluding steroid dienone is 1. The van der Waals surface area contributed by atoms with E-state index in [1.54, 1.807) is 14.0 Å². The number of hydrogen-bond acceptors (Lipinski definition) is 6. The van der Waals surface area contributed by atoms with Crippen molar-refractivity contribution in [1.82, 2.24) is 15.0 Å². The lowest BCUT2D eigenvalue weighted by atomic mass is 10.1. The summed E-state index contributed by atoms with van der Waals surface area (Å²) < 4.78 is 1.41. The summed E-state index contributed by atoms with van der Waals surface area (Å²) in [7, 11) is 1.58. The number of carbonyl (C=O) groups is 1. The molecule has 2 N–H and O–H groups in total. The van der Waals surface area contributed by atoms with E-state index < -0.39 is 0 Å². The SMILES string of the molecule is CNC(=O)C1=C(C)Nn2c(nc3scc(-c4ccccc4)c3c2=O)S1. The Morgan fingerprint density at radius 3 is 2.76 bits per heavy atom. The van der Waals surface area contributed by atoms with E-state index in [0.717, 1.165) is 11.1 Å². The molecule has 1 aliphatic rings. The predicted octanol–water partition coefficient (Wildman–Crippen LogP) is 2.75. The molecule has 0 spiro atoms. The van der Waals surface area contributed by atoms with E-state index >= 15 is 0 Å². The number of fused-ring (bicyclic) bond motifs is 2. The normalized spacial score (nSPS) is 13.5. The fraction of sp³-hybridized carbons (Fsp3) is 0.118. The number of aromatic nitrogens is 2. The lowest BCUT2D eigenvalue weighted by Gasteiger charge is -2.21. The highest BCUT2D eigenvalue weighted by molar-refractivity contribution is 8.03. The van der Waals surface area contributed by atoms with Gasteiger partial charge in [-0.3, -0.25) is 15.0 Å². The Bertz CT molecular complexity index is 1080. The lowest BCUT2D eigenvalue weighted by molar-refractivity contribution is -0.116. The van der Waals surface area contributed by atoms with Crippen molar-refractivity contribution in [2.75, 3.05) is 12.5 Å². The van der Waals surface area contributed by atoms with Crippen LogP contribution in [-0.2, 0) is 4.79 Å². The molecule has 0 saturated heterocycles. The number of thiophene rings is 1. The van der Waals surface area contributed by atoms with Crippen LogP contribution in [0.1, 0.15) is 6.92 Å². The Hall–Kier alpha value is -2.58. The van der Waals surface area contributed by atoms with E-state index in [9.17, 15) is 9.59 Å². The third-order valence-corrected chi connectivity index (χ3v) is 5.93. The summed E-state index contributed by atoms with van der Waals surface area (Å²) in [5.74, 6) is -0.202.